The van der Waals surface area contributed by atoms with Crippen LogP contribution in [0.25, 0.3) is 11.1 Å². The van der Waals surface area contributed by atoms with Crippen LogP contribution in [0.2, 0.25) is 5.02 Å². The van der Waals surface area contributed by atoms with E-state index in [-0.39, 0.29) is 22.7 Å². The SMILES string of the molecule is CC(C)(C)OC(=O)N1C2CC2(CN)C[C@H]1C(=O)Nc1cccc(-c2ccccc2Cl)c1F. The lowest BCUT2D eigenvalue weighted by molar-refractivity contribution is -0.121. The Morgan fingerprint density at radius 1 is 1.19 bits per heavy atom. The van der Waals surface area contributed by atoms with Crippen molar-refractivity contribution >= 4 is 29.3 Å². The first kappa shape index (κ1) is 22.6. The molecule has 0 bridgehead atoms. The van der Waals surface area contributed by atoms with E-state index in [0.717, 1.165) is 6.42 Å². The predicted molar refractivity (Wildman–Crippen MR) is 122 cm³/mol. The van der Waals surface area contributed by atoms with Crippen LogP contribution in [-0.2, 0) is 9.53 Å². The molecule has 1 aliphatic carbocycles. The molecule has 6 nitrogen and oxygen atoms in total. The molecule has 2 fully saturated rings. The molecule has 2 amide bonds. The van der Waals surface area contributed by atoms with Crippen molar-refractivity contribution in [2.24, 2.45) is 11.1 Å². The minimum absolute atomic E-state index is 0.0268. The predicted octanol–water partition coefficient (Wildman–Crippen LogP) is 4.81. The van der Waals surface area contributed by atoms with Crippen LogP contribution >= 0.6 is 11.6 Å². The number of fused-ring (bicyclic) bond motifs is 1. The summed E-state index contributed by atoms with van der Waals surface area (Å²) in [6.07, 6.45) is 0.606. The van der Waals surface area contributed by atoms with Crippen LogP contribution in [0.5, 0.6) is 0 Å². The molecule has 2 aliphatic rings. The summed E-state index contributed by atoms with van der Waals surface area (Å²) in [5.74, 6) is -1.06. The van der Waals surface area contributed by atoms with Gasteiger partial charge in [-0.05, 0) is 45.7 Å². The van der Waals surface area contributed by atoms with E-state index < -0.39 is 29.5 Å². The number of ether oxygens (including phenoxy) is 1. The fourth-order valence-electron chi connectivity index (χ4n) is 4.46. The molecule has 2 aromatic rings. The van der Waals surface area contributed by atoms with Crippen LogP contribution in [0.4, 0.5) is 14.9 Å². The van der Waals surface area contributed by atoms with Gasteiger partial charge in [0.05, 0.1) is 5.69 Å². The molecule has 170 valence electrons. The van der Waals surface area contributed by atoms with E-state index in [1.807, 2.05) is 0 Å². The van der Waals surface area contributed by atoms with Crippen LogP contribution in [-0.4, -0.2) is 41.1 Å². The topological polar surface area (TPSA) is 84.7 Å². The first-order chi connectivity index (χ1) is 15.1. The lowest BCUT2D eigenvalue weighted by Gasteiger charge is -2.30. The zero-order chi connectivity index (χ0) is 23.3. The second kappa shape index (κ2) is 8.05. The number of amides is 2. The van der Waals surface area contributed by atoms with Crippen molar-refractivity contribution in [1.29, 1.82) is 0 Å². The number of benzene rings is 2. The number of hydrogen-bond donors (Lipinski definition) is 2. The summed E-state index contributed by atoms with van der Waals surface area (Å²) in [5, 5.41) is 3.07. The Kier molecular flexibility index (Phi) is 5.67. The summed E-state index contributed by atoms with van der Waals surface area (Å²) < 4.78 is 20.8. The molecule has 3 atom stereocenters. The maximum atomic E-state index is 15.3. The molecule has 4 rings (SSSR count). The molecule has 0 spiro atoms. The molecule has 1 saturated carbocycles. The molecule has 1 aliphatic heterocycles. The molecule has 32 heavy (non-hydrogen) atoms. The molecule has 1 heterocycles. The lowest BCUT2D eigenvalue weighted by Crippen LogP contribution is -2.47. The van der Waals surface area contributed by atoms with Gasteiger partial charge in [0.2, 0.25) is 5.91 Å². The molecular weight excluding hydrogens is 433 g/mol. The highest BCUT2D eigenvalue weighted by atomic mass is 35.5. The van der Waals surface area contributed by atoms with Crippen molar-refractivity contribution in [1.82, 2.24) is 4.90 Å². The summed E-state index contributed by atoms with van der Waals surface area (Å²) in [5.41, 5.74) is 5.81. The lowest BCUT2D eigenvalue weighted by atomic mass is 9.99. The van der Waals surface area contributed by atoms with Gasteiger partial charge in [-0.25, -0.2) is 9.18 Å². The van der Waals surface area contributed by atoms with Gasteiger partial charge in [-0.3, -0.25) is 9.69 Å². The Morgan fingerprint density at radius 2 is 1.88 bits per heavy atom. The largest absolute Gasteiger partial charge is 0.444 e. The molecule has 8 heteroatoms. The third kappa shape index (κ3) is 4.07. The van der Waals surface area contributed by atoms with E-state index >= 15 is 4.39 Å². The summed E-state index contributed by atoms with van der Waals surface area (Å²) in [7, 11) is 0. The van der Waals surface area contributed by atoms with Gasteiger partial charge in [0, 0.05) is 34.2 Å². The zero-order valence-electron chi connectivity index (χ0n) is 18.3. The smallest absolute Gasteiger partial charge is 0.411 e. The van der Waals surface area contributed by atoms with E-state index in [9.17, 15) is 9.59 Å². The number of carbonyl (C=O) groups excluding carboxylic acids is 2. The molecule has 3 N–H and O–H groups in total. The Balaban J connectivity index is 1.59. The van der Waals surface area contributed by atoms with E-state index in [2.05, 4.69) is 5.32 Å². The van der Waals surface area contributed by atoms with Gasteiger partial charge >= 0.3 is 6.09 Å². The van der Waals surface area contributed by atoms with Gasteiger partial charge in [0.25, 0.3) is 0 Å². The second-order valence-corrected chi connectivity index (χ2v) is 9.94. The number of piperidine rings is 1. The summed E-state index contributed by atoms with van der Waals surface area (Å²) in [6.45, 7) is 5.69. The minimum atomic E-state index is -0.782. The van der Waals surface area contributed by atoms with Gasteiger partial charge in [0.1, 0.15) is 11.6 Å². The Bertz CT molecular complexity index is 1070. The summed E-state index contributed by atoms with van der Waals surface area (Å²) in [6, 6.07) is 10.7. The number of hydrogen-bond acceptors (Lipinski definition) is 4. The minimum Gasteiger partial charge on any atom is -0.444 e. The molecular formula is C24H27ClFN3O3. The van der Waals surface area contributed by atoms with Gasteiger partial charge < -0.3 is 15.8 Å². The number of nitrogens with one attached hydrogen (secondary N) is 1. The van der Waals surface area contributed by atoms with Crippen molar-refractivity contribution in [2.75, 3.05) is 11.9 Å². The highest BCUT2D eigenvalue weighted by Crippen LogP contribution is 2.59. The van der Waals surface area contributed by atoms with Crippen LogP contribution < -0.4 is 11.1 Å². The van der Waals surface area contributed by atoms with Gasteiger partial charge in [-0.1, -0.05) is 41.9 Å². The second-order valence-electron chi connectivity index (χ2n) is 9.53. The third-order valence-electron chi connectivity index (χ3n) is 6.15. The number of likely N-dealkylation sites (tertiary alicyclic amines) is 1. The number of rotatable bonds is 4. The Hall–Kier alpha value is -2.64. The first-order valence-corrected chi connectivity index (χ1v) is 11.0. The number of nitrogens with two attached hydrogens (primary N) is 1. The monoisotopic (exact) mass is 459 g/mol. The highest BCUT2D eigenvalue weighted by Gasteiger charge is 2.67. The van der Waals surface area contributed by atoms with E-state index in [1.54, 1.807) is 57.2 Å². The fraction of sp³-hybridized carbons (Fsp3) is 0.417. The quantitative estimate of drug-likeness (QED) is 0.687. The van der Waals surface area contributed by atoms with Crippen molar-refractivity contribution in [3.63, 3.8) is 0 Å². The molecule has 2 aromatic carbocycles. The number of nitrogens with zero attached hydrogens (tertiary/aromatic N) is 1. The van der Waals surface area contributed by atoms with Crippen molar-refractivity contribution < 1.29 is 18.7 Å². The number of carbonyl (C=O) groups is 2. The van der Waals surface area contributed by atoms with Gasteiger partial charge in [0.15, 0.2) is 5.82 Å². The average molecular weight is 460 g/mol. The molecule has 1 saturated heterocycles. The van der Waals surface area contributed by atoms with E-state index in [1.165, 1.54) is 11.0 Å². The number of anilines is 1. The Morgan fingerprint density at radius 3 is 2.53 bits per heavy atom. The normalized spacial score (nSPS) is 24.1. The van der Waals surface area contributed by atoms with Crippen molar-refractivity contribution in [2.45, 2.75) is 51.3 Å². The Labute approximate surface area is 191 Å². The van der Waals surface area contributed by atoms with E-state index in [0.29, 0.717) is 23.6 Å². The zero-order valence-corrected chi connectivity index (χ0v) is 19.1. The number of halogens is 2. The third-order valence-corrected chi connectivity index (χ3v) is 6.48. The summed E-state index contributed by atoms with van der Waals surface area (Å²) in [4.78, 5) is 27.5. The van der Waals surface area contributed by atoms with Crippen LogP contribution in [0.15, 0.2) is 42.5 Å². The first-order valence-electron chi connectivity index (χ1n) is 10.6. The average Bonchev–Trinajstić information content (AvgIpc) is 3.33. The van der Waals surface area contributed by atoms with Crippen LogP contribution in [0.3, 0.4) is 0 Å². The molecule has 0 radical (unpaired) electrons. The van der Waals surface area contributed by atoms with Crippen LogP contribution in [0, 0.1) is 11.2 Å². The fourth-order valence-corrected chi connectivity index (χ4v) is 4.70. The molecule has 0 aromatic heterocycles. The summed E-state index contributed by atoms with van der Waals surface area (Å²) >= 11 is 6.23. The van der Waals surface area contributed by atoms with Gasteiger partial charge in [-0.2, -0.15) is 0 Å². The van der Waals surface area contributed by atoms with Crippen molar-refractivity contribution in [3.8, 4) is 11.1 Å². The standard InChI is InChI=1S/C24H27ClFN3O3/c1-23(2,3)32-22(31)29-18(11-24(13-27)12-19(24)29)21(30)28-17-10-6-8-15(20(17)26)14-7-4-5-9-16(14)25/h4-10,18-19H,11-13,27H2,1-3H3,(H,28,30)/t18-,19?,24?/m0/s1. The van der Waals surface area contributed by atoms with Gasteiger partial charge in [-0.15, -0.1) is 0 Å². The van der Waals surface area contributed by atoms with E-state index in [4.69, 9.17) is 22.1 Å². The van der Waals surface area contributed by atoms with Crippen molar-refractivity contribution in [3.05, 3.63) is 53.3 Å². The maximum Gasteiger partial charge on any atom is 0.411 e. The highest BCUT2D eigenvalue weighted by molar-refractivity contribution is 6.33. The maximum absolute atomic E-state index is 15.3. The van der Waals surface area contributed by atoms with Crippen LogP contribution in [0.1, 0.15) is 33.6 Å². The molecule has 2 unspecified atom stereocenters.